The van der Waals surface area contributed by atoms with Crippen LogP contribution in [0.15, 0.2) is 12.3 Å². The van der Waals surface area contributed by atoms with Gasteiger partial charge in [-0.2, -0.15) is 0 Å². The van der Waals surface area contributed by atoms with Gasteiger partial charge in [0.1, 0.15) is 0 Å². The molecule has 0 aliphatic carbocycles. The summed E-state index contributed by atoms with van der Waals surface area (Å²) in [5.74, 6) is 0. The lowest BCUT2D eigenvalue weighted by molar-refractivity contribution is 0.725. The van der Waals surface area contributed by atoms with Crippen molar-refractivity contribution in [2.75, 3.05) is 12.3 Å². The highest BCUT2D eigenvalue weighted by Gasteiger charge is 1.98. The molecule has 0 fully saturated rings. The van der Waals surface area contributed by atoms with E-state index in [1.807, 2.05) is 13.0 Å². The molecular weight excluding hydrogens is 174 g/mol. The number of hydrogen-bond donors (Lipinski definition) is 2. The number of halogens is 1. The van der Waals surface area contributed by atoms with E-state index in [0.717, 1.165) is 18.7 Å². The minimum absolute atomic E-state index is 0.371. The van der Waals surface area contributed by atoms with Crippen molar-refractivity contribution in [3.8, 4) is 0 Å². The first kappa shape index (κ1) is 9.29. The third-order valence-electron chi connectivity index (χ3n) is 1.50. The molecule has 1 rings (SSSR count). The quantitative estimate of drug-likeness (QED) is 0.701. The highest BCUT2D eigenvalue weighted by Crippen LogP contribution is 2.15. The van der Waals surface area contributed by atoms with E-state index in [1.165, 1.54) is 0 Å². The van der Waals surface area contributed by atoms with Gasteiger partial charge in [0.05, 0.1) is 5.69 Å². The Balaban J connectivity index is 2.69. The maximum absolute atomic E-state index is 5.66. The first-order valence-corrected chi connectivity index (χ1v) is 4.22. The average molecular weight is 186 g/mol. The number of nitrogen functional groups attached to an aromatic ring is 1. The highest BCUT2D eigenvalue weighted by atomic mass is 35.5. The second-order valence-corrected chi connectivity index (χ2v) is 2.86. The topological polar surface area (TPSA) is 50.9 Å². The fourth-order valence-electron chi connectivity index (χ4n) is 0.877. The summed E-state index contributed by atoms with van der Waals surface area (Å²) in [6.07, 6.45) is 1.72. The molecule has 0 saturated carbocycles. The zero-order valence-electron chi connectivity index (χ0n) is 6.97. The summed E-state index contributed by atoms with van der Waals surface area (Å²) in [7, 11) is 0. The van der Waals surface area contributed by atoms with Gasteiger partial charge in [-0.15, -0.1) is 0 Å². The molecule has 0 saturated heterocycles. The Hall–Kier alpha value is -0.800. The van der Waals surface area contributed by atoms with Crippen LogP contribution in [0, 0.1) is 0 Å². The molecule has 0 aliphatic heterocycles. The predicted molar refractivity (Wildman–Crippen MR) is 51.0 cm³/mol. The number of hydrogen-bond acceptors (Lipinski definition) is 3. The van der Waals surface area contributed by atoms with Crippen molar-refractivity contribution >= 4 is 17.3 Å². The number of nitrogens with two attached hydrogens (primary N) is 1. The first-order valence-electron chi connectivity index (χ1n) is 3.84. The van der Waals surface area contributed by atoms with E-state index in [0.29, 0.717) is 10.8 Å². The third kappa shape index (κ3) is 2.36. The van der Waals surface area contributed by atoms with Crippen LogP contribution in [0.25, 0.3) is 0 Å². The van der Waals surface area contributed by atoms with Gasteiger partial charge in [-0.05, 0) is 18.2 Å². The van der Waals surface area contributed by atoms with Crippen molar-refractivity contribution in [3.05, 3.63) is 23.0 Å². The lowest BCUT2D eigenvalue weighted by Crippen LogP contribution is -2.12. The molecule has 0 amide bonds. The zero-order chi connectivity index (χ0) is 8.97. The average Bonchev–Trinajstić information content (AvgIpc) is 2.07. The van der Waals surface area contributed by atoms with E-state index in [1.54, 1.807) is 6.20 Å². The second-order valence-electron chi connectivity index (χ2n) is 2.50. The molecule has 1 aromatic heterocycles. The van der Waals surface area contributed by atoms with E-state index in [4.69, 9.17) is 17.3 Å². The minimum Gasteiger partial charge on any atom is -0.396 e. The summed E-state index contributed by atoms with van der Waals surface area (Å²) in [4.78, 5) is 3.93. The van der Waals surface area contributed by atoms with Crippen molar-refractivity contribution in [1.29, 1.82) is 0 Å². The molecule has 0 atom stereocenters. The SMILES string of the molecule is CCNCc1cnc(Cl)c(N)c1. The summed E-state index contributed by atoms with van der Waals surface area (Å²) in [6, 6.07) is 1.83. The van der Waals surface area contributed by atoms with Crippen LogP contribution < -0.4 is 11.1 Å². The van der Waals surface area contributed by atoms with Gasteiger partial charge < -0.3 is 11.1 Å². The van der Waals surface area contributed by atoms with E-state index < -0.39 is 0 Å². The molecule has 66 valence electrons. The van der Waals surface area contributed by atoms with Gasteiger partial charge >= 0.3 is 0 Å². The summed E-state index contributed by atoms with van der Waals surface area (Å²) >= 11 is 5.66. The van der Waals surface area contributed by atoms with Gasteiger partial charge in [-0.1, -0.05) is 18.5 Å². The van der Waals surface area contributed by atoms with Crippen LogP contribution in [-0.2, 0) is 6.54 Å². The Bertz CT molecular complexity index is 262. The molecule has 0 aliphatic rings. The Morgan fingerprint density at radius 2 is 2.42 bits per heavy atom. The molecule has 3 nitrogen and oxygen atoms in total. The molecule has 3 N–H and O–H groups in total. The molecule has 0 aromatic carbocycles. The summed E-state index contributed by atoms with van der Waals surface area (Å²) in [6.45, 7) is 3.76. The van der Waals surface area contributed by atoms with Crippen molar-refractivity contribution in [2.24, 2.45) is 0 Å². The standard InChI is InChI=1S/C8H12ClN3/c1-2-11-4-6-3-7(10)8(9)12-5-6/h3,5,11H,2,4,10H2,1H3. The highest BCUT2D eigenvalue weighted by molar-refractivity contribution is 6.31. The fourth-order valence-corrected chi connectivity index (χ4v) is 0.980. The van der Waals surface area contributed by atoms with Crippen LogP contribution in [0.3, 0.4) is 0 Å². The molecule has 0 spiro atoms. The molecule has 0 radical (unpaired) electrons. The Kier molecular flexibility index (Phi) is 3.31. The van der Waals surface area contributed by atoms with Crippen LogP contribution in [0.5, 0.6) is 0 Å². The maximum Gasteiger partial charge on any atom is 0.151 e. The normalized spacial score (nSPS) is 10.2. The smallest absolute Gasteiger partial charge is 0.151 e. The molecule has 0 bridgehead atoms. The van der Waals surface area contributed by atoms with Gasteiger partial charge in [0.25, 0.3) is 0 Å². The third-order valence-corrected chi connectivity index (χ3v) is 1.82. The lowest BCUT2D eigenvalue weighted by atomic mass is 10.2. The van der Waals surface area contributed by atoms with Gasteiger partial charge in [-0.3, -0.25) is 0 Å². The fraction of sp³-hybridized carbons (Fsp3) is 0.375. The van der Waals surface area contributed by atoms with Crippen molar-refractivity contribution in [1.82, 2.24) is 10.3 Å². The van der Waals surface area contributed by atoms with Crippen molar-refractivity contribution < 1.29 is 0 Å². The monoisotopic (exact) mass is 185 g/mol. The predicted octanol–water partition coefficient (Wildman–Crippen LogP) is 1.43. The van der Waals surface area contributed by atoms with Crippen LogP contribution in [0.4, 0.5) is 5.69 Å². The van der Waals surface area contributed by atoms with Crippen LogP contribution in [-0.4, -0.2) is 11.5 Å². The number of nitrogens with zero attached hydrogens (tertiary/aromatic N) is 1. The van der Waals surface area contributed by atoms with E-state index >= 15 is 0 Å². The first-order chi connectivity index (χ1) is 5.74. The number of aromatic nitrogens is 1. The zero-order valence-corrected chi connectivity index (χ0v) is 7.73. The lowest BCUT2D eigenvalue weighted by Gasteiger charge is -2.03. The van der Waals surface area contributed by atoms with Crippen molar-refractivity contribution in [3.63, 3.8) is 0 Å². The molecular formula is C8H12ClN3. The van der Waals surface area contributed by atoms with Gasteiger partial charge in [0, 0.05) is 12.7 Å². The molecule has 12 heavy (non-hydrogen) atoms. The number of nitrogens with one attached hydrogen (secondary N) is 1. The number of rotatable bonds is 3. The van der Waals surface area contributed by atoms with E-state index in [-0.39, 0.29) is 0 Å². The Labute approximate surface area is 76.9 Å². The maximum atomic E-state index is 5.66. The van der Waals surface area contributed by atoms with Gasteiger partial charge in [0.15, 0.2) is 5.15 Å². The molecule has 0 unspecified atom stereocenters. The summed E-state index contributed by atoms with van der Waals surface area (Å²) in [5, 5.41) is 3.54. The molecule has 1 aromatic rings. The Morgan fingerprint density at radius 3 is 3.00 bits per heavy atom. The van der Waals surface area contributed by atoms with Crippen molar-refractivity contribution in [2.45, 2.75) is 13.5 Å². The van der Waals surface area contributed by atoms with Crippen LogP contribution in [0.1, 0.15) is 12.5 Å². The van der Waals surface area contributed by atoms with Gasteiger partial charge in [0.2, 0.25) is 0 Å². The number of anilines is 1. The molecule has 1 heterocycles. The molecule has 4 heteroatoms. The largest absolute Gasteiger partial charge is 0.396 e. The summed E-state index contributed by atoms with van der Waals surface area (Å²) in [5.41, 5.74) is 7.16. The number of pyridine rings is 1. The Morgan fingerprint density at radius 1 is 1.67 bits per heavy atom. The van der Waals surface area contributed by atoms with Crippen LogP contribution in [0.2, 0.25) is 5.15 Å². The van der Waals surface area contributed by atoms with E-state index in [9.17, 15) is 0 Å². The summed E-state index contributed by atoms with van der Waals surface area (Å²) < 4.78 is 0. The second kappa shape index (κ2) is 4.28. The minimum atomic E-state index is 0.371. The van der Waals surface area contributed by atoms with Crippen LogP contribution >= 0.6 is 11.6 Å². The van der Waals surface area contributed by atoms with E-state index in [2.05, 4.69) is 10.3 Å². The van der Waals surface area contributed by atoms with Gasteiger partial charge in [-0.25, -0.2) is 4.98 Å².